The summed E-state index contributed by atoms with van der Waals surface area (Å²) in [7, 11) is 0. The molecule has 3 aliphatic rings. The maximum atomic E-state index is 11.3. The molecule has 2 atom stereocenters. The summed E-state index contributed by atoms with van der Waals surface area (Å²) in [5, 5.41) is 12.3. The molecular weight excluding hydrogens is 270 g/mol. The second-order valence-corrected chi connectivity index (χ2v) is 6.57. The van der Waals surface area contributed by atoms with Crippen LogP contribution in [0.4, 0.5) is 0 Å². The Hall–Kier alpha value is -1.14. The van der Waals surface area contributed by atoms with Gasteiger partial charge in [-0.1, -0.05) is 0 Å². The third kappa shape index (κ3) is 3.37. The van der Waals surface area contributed by atoms with Crippen LogP contribution in [0.2, 0.25) is 0 Å². The van der Waals surface area contributed by atoms with Crippen LogP contribution in [0.15, 0.2) is 0 Å². The molecule has 0 aromatic rings. The Morgan fingerprint density at radius 2 is 1.95 bits per heavy atom. The standard InChI is InChI=1S/C15H25N3O3/c19-14-4-3-11(16-14)10-17-8-5-12(6-9-17)18-7-1-2-13(18)15(20)21/h11-13H,1-10H2,(H,16,19)(H,20,21). The summed E-state index contributed by atoms with van der Waals surface area (Å²) >= 11 is 0. The first-order valence-electron chi connectivity index (χ1n) is 8.14. The minimum atomic E-state index is -0.663. The second-order valence-electron chi connectivity index (χ2n) is 6.57. The van der Waals surface area contributed by atoms with Crippen LogP contribution in [0.5, 0.6) is 0 Å². The highest BCUT2D eigenvalue weighted by molar-refractivity contribution is 5.78. The molecule has 3 saturated heterocycles. The smallest absolute Gasteiger partial charge is 0.320 e. The summed E-state index contributed by atoms with van der Waals surface area (Å²) < 4.78 is 0. The Morgan fingerprint density at radius 1 is 1.19 bits per heavy atom. The molecule has 0 radical (unpaired) electrons. The number of carbonyl (C=O) groups excluding carboxylic acids is 1. The summed E-state index contributed by atoms with van der Waals surface area (Å²) in [6.07, 6.45) is 5.50. The zero-order valence-electron chi connectivity index (χ0n) is 12.5. The van der Waals surface area contributed by atoms with Gasteiger partial charge < -0.3 is 15.3 Å². The molecule has 6 nitrogen and oxygen atoms in total. The number of rotatable bonds is 4. The number of aliphatic carboxylic acids is 1. The lowest BCUT2D eigenvalue weighted by Crippen LogP contribution is -2.50. The molecule has 0 saturated carbocycles. The molecule has 0 bridgehead atoms. The maximum Gasteiger partial charge on any atom is 0.320 e. The van der Waals surface area contributed by atoms with Gasteiger partial charge in [-0.15, -0.1) is 0 Å². The van der Waals surface area contributed by atoms with E-state index >= 15 is 0 Å². The van der Waals surface area contributed by atoms with Gasteiger partial charge >= 0.3 is 5.97 Å². The summed E-state index contributed by atoms with van der Waals surface area (Å²) in [5.41, 5.74) is 0. The van der Waals surface area contributed by atoms with E-state index in [9.17, 15) is 14.7 Å². The number of carboxylic acid groups (broad SMARTS) is 1. The van der Waals surface area contributed by atoms with Crippen LogP contribution in [0.1, 0.15) is 38.5 Å². The molecule has 0 spiro atoms. The quantitative estimate of drug-likeness (QED) is 0.779. The van der Waals surface area contributed by atoms with Gasteiger partial charge in [-0.2, -0.15) is 0 Å². The number of piperidine rings is 1. The SMILES string of the molecule is O=C1CCC(CN2CCC(N3CCCC3C(=O)O)CC2)N1. The Morgan fingerprint density at radius 3 is 2.57 bits per heavy atom. The number of hydrogen-bond donors (Lipinski definition) is 2. The number of hydrogen-bond acceptors (Lipinski definition) is 4. The van der Waals surface area contributed by atoms with Gasteiger partial charge in [0.25, 0.3) is 0 Å². The van der Waals surface area contributed by atoms with Crippen molar-refractivity contribution in [2.75, 3.05) is 26.2 Å². The molecule has 0 aliphatic carbocycles. The van der Waals surface area contributed by atoms with Crippen LogP contribution >= 0.6 is 0 Å². The largest absolute Gasteiger partial charge is 0.480 e. The van der Waals surface area contributed by atoms with Gasteiger partial charge in [-0.3, -0.25) is 14.5 Å². The van der Waals surface area contributed by atoms with Gasteiger partial charge in [0.1, 0.15) is 6.04 Å². The van der Waals surface area contributed by atoms with Crippen molar-refractivity contribution in [1.82, 2.24) is 15.1 Å². The lowest BCUT2D eigenvalue weighted by molar-refractivity contribution is -0.143. The lowest BCUT2D eigenvalue weighted by atomic mass is 10.0. The lowest BCUT2D eigenvalue weighted by Gasteiger charge is -2.39. The number of nitrogens with one attached hydrogen (secondary N) is 1. The molecule has 3 aliphatic heterocycles. The van der Waals surface area contributed by atoms with Gasteiger partial charge in [-0.25, -0.2) is 0 Å². The molecular formula is C15H25N3O3. The van der Waals surface area contributed by atoms with Crippen molar-refractivity contribution in [3.05, 3.63) is 0 Å². The van der Waals surface area contributed by atoms with Gasteiger partial charge in [-0.05, 0) is 51.7 Å². The minimum absolute atomic E-state index is 0.177. The van der Waals surface area contributed by atoms with Crippen LogP contribution in [0, 0.1) is 0 Å². The van der Waals surface area contributed by atoms with E-state index in [2.05, 4.69) is 15.1 Å². The van der Waals surface area contributed by atoms with Crippen LogP contribution < -0.4 is 5.32 Å². The van der Waals surface area contributed by atoms with Crippen molar-refractivity contribution < 1.29 is 14.7 Å². The van der Waals surface area contributed by atoms with Gasteiger partial charge in [0.2, 0.25) is 5.91 Å². The highest BCUT2D eigenvalue weighted by Gasteiger charge is 2.37. The van der Waals surface area contributed by atoms with Crippen molar-refractivity contribution in [2.45, 2.75) is 56.7 Å². The van der Waals surface area contributed by atoms with Gasteiger partial charge in [0.15, 0.2) is 0 Å². The fraction of sp³-hybridized carbons (Fsp3) is 0.867. The molecule has 2 unspecified atom stereocenters. The van der Waals surface area contributed by atoms with E-state index < -0.39 is 5.97 Å². The average molecular weight is 295 g/mol. The first kappa shape index (κ1) is 14.8. The van der Waals surface area contributed by atoms with Crippen molar-refractivity contribution in [1.29, 1.82) is 0 Å². The molecule has 0 aromatic carbocycles. The number of carbonyl (C=O) groups is 2. The number of amides is 1. The van der Waals surface area contributed by atoms with Crippen molar-refractivity contribution in [3.63, 3.8) is 0 Å². The van der Waals surface area contributed by atoms with Crippen LogP contribution in [0.25, 0.3) is 0 Å². The summed E-state index contributed by atoms with van der Waals surface area (Å²) in [6, 6.07) is 0.464. The van der Waals surface area contributed by atoms with Crippen molar-refractivity contribution in [3.8, 4) is 0 Å². The van der Waals surface area contributed by atoms with Crippen molar-refractivity contribution in [2.24, 2.45) is 0 Å². The second kappa shape index (κ2) is 6.32. The summed E-state index contributed by atoms with van der Waals surface area (Å²) in [4.78, 5) is 27.1. The molecule has 3 rings (SSSR count). The number of nitrogens with zero attached hydrogens (tertiary/aromatic N) is 2. The normalized spacial score (nSPS) is 32.5. The third-order valence-electron chi connectivity index (χ3n) is 5.17. The zero-order chi connectivity index (χ0) is 14.8. The first-order valence-corrected chi connectivity index (χ1v) is 8.14. The van der Waals surface area contributed by atoms with Gasteiger partial charge in [0, 0.05) is 25.0 Å². The van der Waals surface area contributed by atoms with E-state index in [0.717, 1.165) is 58.3 Å². The fourth-order valence-corrected chi connectivity index (χ4v) is 4.05. The molecule has 3 heterocycles. The van der Waals surface area contributed by atoms with E-state index in [4.69, 9.17) is 0 Å². The third-order valence-corrected chi connectivity index (χ3v) is 5.17. The van der Waals surface area contributed by atoms with E-state index in [1.165, 1.54) is 0 Å². The zero-order valence-corrected chi connectivity index (χ0v) is 12.5. The van der Waals surface area contributed by atoms with E-state index in [1.54, 1.807) is 0 Å². The summed E-state index contributed by atoms with van der Waals surface area (Å²) in [5.74, 6) is -0.486. The minimum Gasteiger partial charge on any atom is -0.480 e. The average Bonchev–Trinajstić information content (AvgIpc) is 3.09. The molecule has 21 heavy (non-hydrogen) atoms. The molecule has 2 N–H and O–H groups in total. The van der Waals surface area contributed by atoms with Gasteiger partial charge in [0.05, 0.1) is 0 Å². The monoisotopic (exact) mass is 295 g/mol. The number of likely N-dealkylation sites (tertiary alicyclic amines) is 2. The Balaban J connectivity index is 1.46. The predicted octanol–water partition coefficient (Wildman–Crippen LogP) is 0.278. The van der Waals surface area contributed by atoms with Crippen LogP contribution in [-0.4, -0.2) is 71.1 Å². The summed E-state index contributed by atoms with van der Waals surface area (Å²) in [6.45, 7) is 3.90. The topological polar surface area (TPSA) is 72.9 Å². The molecule has 6 heteroatoms. The van der Waals surface area contributed by atoms with Crippen molar-refractivity contribution >= 4 is 11.9 Å². The maximum absolute atomic E-state index is 11.3. The Kier molecular flexibility index (Phi) is 4.45. The van der Waals surface area contributed by atoms with E-state index in [1.807, 2.05) is 0 Å². The number of carboxylic acids is 1. The van der Waals surface area contributed by atoms with Crippen LogP contribution in [0.3, 0.4) is 0 Å². The molecule has 1 amide bonds. The Bertz CT molecular complexity index is 407. The highest BCUT2D eigenvalue weighted by atomic mass is 16.4. The molecule has 0 aromatic heterocycles. The molecule has 118 valence electrons. The fourth-order valence-electron chi connectivity index (χ4n) is 4.05. The highest BCUT2D eigenvalue weighted by Crippen LogP contribution is 2.26. The molecule has 3 fully saturated rings. The van der Waals surface area contributed by atoms with E-state index in [0.29, 0.717) is 18.5 Å². The van der Waals surface area contributed by atoms with E-state index in [-0.39, 0.29) is 11.9 Å². The predicted molar refractivity (Wildman–Crippen MR) is 78.0 cm³/mol. The van der Waals surface area contributed by atoms with Crippen LogP contribution in [-0.2, 0) is 9.59 Å². The Labute approximate surface area is 125 Å². The first-order chi connectivity index (χ1) is 10.1.